The van der Waals surface area contributed by atoms with Crippen LogP contribution in [0.3, 0.4) is 0 Å². The predicted octanol–water partition coefficient (Wildman–Crippen LogP) is 6.16. The van der Waals surface area contributed by atoms with Crippen LogP contribution in [-0.4, -0.2) is 34.1 Å². The van der Waals surface area contributed by atoms with E-state index in [0.29, 0.717) is 23.7 Å². The standard InChI is InChI=1S/C31H42O4Si/c1-23(21-28-29(33-7)25(3)30(32)35-28)15-14-16-24(2)22-34-36(31(4,5)6,26-17-10-8-11-18-26)27-19-12-9-13-20-27/h8-13,15,17-20,24,28H,14,16,21-22H2,1-7H3. The maximum atomic E-state index is 11.9. The monoisotopic (exact) mass is 506 g/mol. The first-order chi connectivity index (χ1) is 17.1. The number of esters is 1. The van der Waals surface area contributed by atoms with Crippen LogP contribution < -0.4 is 10.4 Å². The minimum absolute atomic E-state index is 0.0185. The second-order valence-corrected chi connectivity index (χ2v) is 15.3. The molecule has 0 amide bonds. The van der Waals surface area contributed by atoms with Crippen molar-refractivity contribution in [2.24, 2.45) is 5.92 Å². The molecule has 2 atom stereocenters. The van der Waals surface area contributed by atoms with Crippen molar-refractivity contribution in [3.63, 3.8) is 0 Å². The lowest BCUT2D eigenvalue weighted by Gasteiger charge is -2.43. The Hall–Kier alpha value is -2.63. The van der Waals surface area contributed by atoms with E-state index in [-0.39, 0.29) is 17.1 Å². The number of allylic oxidation sites excluding steroid dienone is 1. The molecule has 5 heteroatoms. The average Bonchev–Trinajstić information content (AvgIpc) is 3.11. The zero-order valence-electron chi connectivity index (χ0n) is 23.0. The van der Waals surface area contributed by atoms with Gasteiger partial charge in [0.1, 0.15) is 5.76 Å². The molecule has 0 N–H and O–H groups in total. The number of benzene rings is 2. The van der Waals surface area contributed by atoms with Gasteiger partial charge in [0.05, 0.1) is 12.7 Å². The van der Waals surface area contributed by atoms with Crippen molar-refractivity contribution in [1.82, 2.24) is 0 Å². The molecule has 4 nitrogen and oxygen atoms in total. The average molecular weight is 507 g/mol. The number of carbonyl (C=O) groups excluding carboxylic acids is 1. The van der Waals surface area contributed by atoms with Gasteiger partial charge in [-0.3, -0.25) is 0 Å². The molecule has 0 spiro atoms. The second-order valence-electron chi connectivity index (χ2n) is 11.0. The normalized spacial score (nSPS) is 17.8. The van der Waals surface area contributed by atoms with Crippen LogP contribution in [0.4, 0.5) is 0 Å². The summed E-state index contributed by atoms with van der Waals surface area (Å²) in [4.78, 5) is 11.9. The van der Waals surface area contributed by atoms with Crippen molar-refractivity contribution in [2.45, 2.75) is 71.9 Å². The maximum absolute atomic E-state index is 11.9. The number of hydrogen-bond acceptors (Lipinski definition) is 4. The Labute approximate surface area is 218 Å². The van der Waals surface area contributed by atoms with Crippen molar-refractivity contribution in [1.29, 1.82) is 0 Å². The van der Waals surface area contributed by atoms with E-state index >= 15 is 0 Å². The Morgan fingerprint density at radius 2 is 1.61 bits per heavy atom. The van der Waals surface area contributed by atoms with Crippen LogP contribution in [0.25, 0.3) is 0 Å². The maximum Gasteiger partial charge on any atom is 0.338 e. The van der Waals surface area contributed by atoms with Gasteiger partial charge in [0.15, 0.2) is 6.10 Å². The van der Waals surface area contributed by atoms with Crippen LogP contribution in [0.1, 0.15) is 60.8 Å². The van der Waals surface area contributed by atoms with Crippen molar-refractivity contribution in [2.75, 3.05) is 13.7 Å². The third-order valence-electron chi connectivity index (χ3n) is 7.10. The lowest BCUT2D eigenvalue weighted by atomic mass is 10.0. The van der Waals surface area contributed by atoms with Crippen LogP contribution in [0.15, 0.2) is 83.6 Å². The van der Waals surface area contributed by atoms with E-state index in [0.717, 1.165) is 19.4 Å². The molecule has 36 heavy (non-hydrogen) atoms. The fourth-order valence-corrected chi connectivity index (χ4v) is 9.82. The number of hydrogen-bond donors (Lipinski definition) is 0. The lowest BCUT2D eigenvalue weighted by molar-refractivity contribution is -0.140. The van der Waals surface area contributed by atoms with Crippen molar-refractivity contribution in [3.8, 4) is 0 Å². The van der Waals surface area contributed by atoms with Crippen molar-refractivity contribution >= 4 is 24.7 Å². The Kier molecular flexibility index (Phi) is 9.37. The molecule has 0 aromatic heterocycles. The Bertz CT molecular complexity index is 1030. The first-order valence-corrected chi connectivity index (χ1v) is 14.9. The van der Waals surface area contributed by atoms with E-state index in [4.69, 9.17) is 13.9 Å². The number of carbonyl (C=O) groups is 1. The van der Waals surface area contributed by atoms with E-state index in [1.807, 2.05) is 0 Å². The quantitative estimate of drug-likeness (QED) is 0.208. The fourth-order valence-electron chi connectivity index (χ4n) is 5.13. The van der Waals surface area contributed by atoms with E-state index in [1.54, 1.807) is 14.0 Å². The van der Waals surface area contributed by atoms with Gasteiger partial charge in [0, 0.05) is 13.0 Å². The van der Waals surface area contributed by atoms with E-state index in [2.05, 4.69) is 101 Å². The zero-order valence-corrected chi connectivity index (χ0v) is 24.0. The topological polar surface area (TPSA) is 44.8 Å². The lowest BCUT2D eigenvalue weighted by Crippen LogP contribution is -2.66. The fraction of sp³-hybridized carbons (Fsp3) is 0.452. The molecule has 2 aromatic carbocycles. The summed E-state index contributed by atoms with van der Waals surface area (Å²) >= 11 is 0. The highest BCUT2D eigenvalue weighted by Gasteiger charge is 2.50. The molecule has 2 aromatic rings. The molecule has 0 aliphatic carbocycles. The van der Waals surface area contributed by atoms with Gasteiger partial charge >= 0.3 is 5.97 Å². The summed E-state index contributed by atoms with van der Waals surface area (Å²) in [5, 5.41) is 2.61. The molecule has 194 valence electrons. The van der Waals surface area contributed by atoms with Gasteiger partial charge in [-0.05, 0) is 48.0 Å². The number of cyclic esters (lactones) is 1. The molecule has 0 saturated heterocycles. The van der Waals surface area contributed by atoms with E-state index < -0.39 is 8.32 Å². The summed E-state index contributed by atoms with van der Waals surface area (Å²) in [5.41, 5.74) is 1.78. The molecular formula is C31H42O4Si. The number of rotatable bonds is 11. The van der Waals surface area contributed by atoms with Gasteiger partial charge in [-0.1, -0.05) is 100 Å². The third-order valence-corrected chi connectivity index (χ3v) is 12.1. The first-order valence-electron chi connectivity index (χ1n) is 13.0. The summed E-state index contributed by atoms with van der Waals surface area (Å²) in [6.45, 7) is 13.8. The highest BCUT2D eigenvalue weighted by molar-refractivity contribution is 6.99. The number of ether oxygens (including phenoxy) is 2. The molecule has 0 saturated carbocycles. The van der Waals surface area contributed by atoms with Crippen molar-refractivity contribution in [3.05, 3.63) is 83.6 Å². The summed E-state index contributed by atoms with van der Waals surface area (Å²) in [6.07, 6.45) is 4.61. The van der Waals surface area contributed by atoms with Gasteiger partial charge in [0.25, 0.3) is 8.32 Å². The van der Waals surface area contributed by atoms with Crippen LogP contribution in [0, 0.1) is 5.92 Å². The zero-order chi connectivity index (χ0) is 26.3. The van der Waals surface area contributed by atoms with Crippen LogP contribution in [0.5, 0.6) is 0 Å². The molecule has 0 fully saturated rings. The van der Waals surface area contributed by atoms with Gasteiger partial charge < -0.3 is 13.9 Å². The molecular weight excluding hydrogens is 464 g/mol. The molecule has 0 radical (unpaired) electrons. The third kappa shape index (κ3) is 6.19. The van der Waals surface area contributed by atoms with Gasteiger partial charge in [0.2, 0.25) is 0 Å². The van der Waals surface area contributed by atoms with Gasteiger partial charge in [-0.25, -0.2) is 4.79 Å². The van der Waals surface area contributed by atoms with Crippen LogP contribution in [-0.2, 0) is 18.7 Å². The summed E-state index contributed by atoms with van der Waals surface area (Å²) in [5.74, 6) is 0.787. The SMILES string of the molecule is COC1=C(C)C(=O)OC1CC(C)=CCCC(C)CO[Si](c1ccccc1)(c1ccccc1)C(C)(C)C. The molecule has 3 rings (SSSR count). The largest absolute Gasteiger partial charge is 0.497 e. The number of methoxy groups -OCH3 is 1. The first kappa shape index (κ1) is 27.9. The summed E-state index contributed by atoms with van der Waals surface area (Å²) in [7, 11) is -0.908. The summed E-state index contributed by atoms with van der Waals surface area (Å²) in [6, 6.07) is 21.6. The minimum atomic E-state index is -2.51. The Balaban J connectivity index is 1.68. The van der Waals surface area contributed by atoms with E-state index in [9.17, 15) is 4.79 Å². The minimum Gasteiger partial charge on any atom is -0.497 e. The Morgan fingerprint density at radius 3 is 2.11 bits per heavy atom. The second kappa shape index (κ2) is 12.1. The van der Waals surface area contributed by atoms with Gasteiger partial charge in [-0.15, -0.1) is 0 Å². The summed E-state index contributed by atoms with van der Waals surface area (Å²) < 4.78 is 18.0. The molecule has 2 unspecified atom stereocenters. The highest BCUT2D eigenvalue weighted by Crippen LogP contribution is 2.37. The molecule has 0 bridgehead atoms. The Morgan fingerprint density at radius 1 is 1.06 bits per heavy atom. The highest BCUT2D eigenvalue weighted by atomic mass is 28.4. The predicted molar refractivity (Wildman–Crippen MR) is 150 cm³/mol. The smallest absolute Gasteiger partial charge is 0.338 e. The molecule has 1 aliphatic heterocycles. The van der Waals surface area contributed by atoms with Crippen LogP contribution >= 0.6 is 0 Å². The van der Waals surface area contributed by atoms with E-state index in [1.165, 1.54) is 15.9 Å². The van der Waals surface area contributed by atoms with Gasteiger partial charge in [-0.2, -0.15) is 0 Å². The van der Waals surface area contributed by atoms with Crippen molar-refractivity contribution < 1.29 is 18.7 Å². The van der Waals surface area contributed by atoms with Crippen LogP contribution in [0.2, 0.25) is 5.04 Å². The molecule has 1 heterocycles. The molecule has 1 aliphatic rings.